The highest BCUT2D eigenvalue weighted by atomic mass is 32.1. The Bertz CT molecular complexity index is 675. The fraction of sp³-hybridized carbons (Fsp3) is 0.529. The molecule has 5 nitrogen and oxygen atoms in total. The molecule has 3 heterocycles. The first-order valence-corrected chi connectivity index (χ1v) is 9.28. The van der Waals surface area contributed by atoms with E-state index < -0.39 is 0 Å². The van der Waals surface area contributed by atoms with Crippen LogP contribution in [0.4, 0.5) is 0 Å². The Labute approximate surface area is 140 Å². The Hall–Kier alpha value is -1.66. The summed E-state index contributed by atoms with van der Waals surface area (Å²) >= 11 is 1.75. The van der Waals surface area contributed by atoms with Gasteiger partial charge in [0.2, 0.25) is 5.91 Å². The maximum atomic E-state index is 11.9. The van der Waals surface area contributed by atoms with Crippen LogP contribution < -0.4 is 5.32 Å². The summed E-state index contributed by atoms with van der Waals surface area (Å²) in [6.07, 6.45) is 5.38. The largest absolute Gasteiger partial charge is 0.350 e. The average Bonchev–Trinajstić information content (AvgIpc) is 3.12. The van der Waals surface area contributed by atoms with Crippen molar-refractivity contribution in [1.29, 1.82) is 0 Å². The first-order valence-electron chi connectivity index (χ1n) is 8.34. The number of amides is 1. The van der Waals surface area contributed by atoms with E-state index >= 15 is 0 Å². The molecule has 1 saturated carbocycles. The Kier molecular flexibility index (Phi) is 4.18. The highest BCUT2D eigenvalue weighted by Crippen LogP contribution is 2.26. The Morgan fingerprint density at radius 2 is 2.30 bits per heavy atom. The van der Waals surface area contributed by atoms with Gasteiger partial charge in [0.25, 0.3) is 0 Å². The third-order valence-electron chi connectivity index (χ3n) is 4.84. The van der Waals surface area contributed by atoms with Crippen molar-refractivity contribution >= 4 is 17.2 Å². The van der Waals surface area contributed by atoms with Crippen molar-refractivity contribution in [3.63, 3.8) is 0 Å². The van der Waals surface area contributed by atoms with Crippen LogP contribution in [0.15, 0.2) is 23.0 Å². The highest BCUT2D eigenvalue weighted by Gasteiger charge is 2.25. The molecule has 1 aliphatic carbocycles. The van der Waals surface area contributed by atoms with E-state index in [1.807, 2.05) is 0 Å². The lowest BCUT2D eigenvalue weighted by atomic mass is 9.85. The van der Waals surface area contributed by atoms with E-state index in [0.29, 0.717) is 6.54 Å². The van der Waals surface area contributed by atoms with Crippen molar-refractivity contribution in [3.8, 4) is 0 Å². The topological polar surface area (TPSA) is 50.2 Å². The fourth-order valence-electron chi connectivity index (χ4n) is 3.21. The van der Waals surface area contributed by atoms with Gasteiger partial charge < -0.3 is 9.88 Å². The SMILES string of the molecule is O=C(NCc1cn2c(n1)CN(Cc1ccsc1)CC2)C1CCC1. The minimum Gasteiger partial charge on any atom is -0.350 e. The van der Waals surface area contributed by atoms with Gasteiger partial charge in [-0.2, -0.15) is 11.3 Å². The summed E-state index contributed by atoms with van der Waals surface area (Å²) in [6, 6.07) is 2.19. The molecular formula is C17H22N4OS. The summed E-state index contributed by atoms with van der Waals surface area (Å²) in [5, 5.41) is 7.37. The summed E-state index contributed by atoms with van der Waals surface area (Å²) in [5.74, 6) is 1.55. The molecule has 23 heavy (non-hydrogen) atoms. The van der Waals surface area contributed by atoms with Gasteiger partial charge in [-0.3, -0.25) is 9.69 Å². The molecule has 0 spiro atoms. The van der Waals surface area contributed by atoms with Gasteiger partial charge in [-0.05, 0) is 35.2 Å². The third kappa shape index (κ3) is 3.33. The Morgan fingerprint density at radius 1 is 1.39 bits per heavy atom. The lowest BCUT2D eigenvalue weighted by Gasteiger charge is -2.27. The molecule has 1 amide bonds. The molecule has 0 radical (unpaired) electrons. The van der Waals surface area contributed by atoms with E-state index in [0.717, 1.165) is 50.5 Å². The monoisotopic (exact) mass is 330 g/mol. The molecule has 1 fully saturated rings. The Morgan fingerprint density at radius 3 is 3.04 bits per heavy atom. The first kappa shape index (κ1) is 14.9. The van der Waals surface area contributed by atoms with E-state index in [1.54, 1.807) is 11.3 Å². The van der Waals surface area contributed by atoms with Crippen LogP contribution in [0.25, 0.3) is 0 Å². The van der Waals surface area contributed by atoms with E-state index in [1.165, 1.54) is 12.0 Å². The molecule has 1 N–H and O–H groups in total. The molecule has 0 bridgehead atoms. The standard InChI is InChI=1S/C17H22N4OS/c22-17(14-2-1-3-14)18-8-15-10-21-6-5-20(11-16(21)19-15)9-13-4-7-23-12-13/h4,7,10,12,14H,1-3,5-6,8-9,11H2,(H,18,22). The quantitative estimate of drug-likeness (QED) is 0.916. The molecule has 1 aliphatic heterocycles. The maximum absolute atomic E-state index is 11.9. The second kappa shape index (κ2) is 6.45. The first-order chi connectivity index (χ1) is 11.3. The smallest absolute Gasteiger partial charge is 0.223 e. The van der Waals surface area contributed by atoms with Crippen molar-refractivity contribution in [1.82, 2.24) is 19.8 Å². The zero-order chi connectivity index (χ0) is 15.6. The molecule has 0 aromatic carbocycles. The summed E-state index contributed by atoms with van der Waals surface area (Å²) < 4.78 is 2.23. The number of carbonyl (C=O) groups is 1. The van der Waals surface area contributed by atoms with Crippen LogP contribution >= 0.6 is 11.3 Å². The van der Waals surface area contributed by atoms with Gasteiger partial charge in [0.1, 0.15) is 5.82 Å². The van der Waals surface area contributed by atoms with Gasteiger partial charge >= 0.3 is 0 Å². The van der Waals surface area contributed by atoms with Crippen LogP contribution in [0.5, 0.6) is 0 Å². The van der Waals surface area contributed by atoms with Crippen molar-refractivity contribution in [2.24, 2.45) is 5.92 Å². The van der Waals surface area contributed by atoms with E-state index in [2.05, 4.69) is 37.8 Å². The second-order valence-electron chi connectivity index (χ2n) is 6.53. The van der Waals surface area contributed by atoms with Gasteiger partial charge in [-0.15, -0.1) is 0 Å². The number of nitrogens with one attached hydrogen (secondary N) is 1. The molecule has 0 atom stereocenters. The number of hydrogen-bond acceptors (Lipinski definition) is 4. The van der Waals surface area contributed by atoms with Gasteiger partial charge in [0.05, 0.1) is 18.8 Å². The molecule has 0 unspecified atom stereocenters. The normalized spacial score (nSPS) is 18.4. The summed E-state index contributed by atoms with van der Waals surface area (Å²) in [7, 11) is 0. The van der Waals surface area contributed by atoms with Gasteiger partial charge in [0.15, 0.2) is 0 Å². The summed E-state index contributed by atoms with van der Waals surface area (Å²) in [6.45, 7) is 4.45. The van der Waals surface area contributed by atoms with Crippen LogP contribution in [0, 0.1) is 5.92 Å². The lowest BCUT2D eigenvalue weighted by Crippen LogP contribution is -2.34. The van der Waals surface area contributed by atoms with Crippen LogP contribution in [-0.2, 0) is 31.0 Å². The van der Waals surface area contributed by atoms with Crippen LogP contribution in [0.3, 0.4) is 0 Å². The number of aromatic nitrogens is 2. The van der Waals surface area contributed by atoms with Crippen molar-refractivity contribution < 1.29 is 4.79 Å². The zero-order valence-corrected chi connectivity index (χ0v) is 14.0. The van der Waals surface area contributed by atoms with Crippen molar-refractivity contribution in [2.75, 3.05) is 6.54 Å². The maximum Gasteiger partial charge on any atom is 0.223 e. The molecule has 122 valence electrons. The number of thiophene rings is 1. The van der Waals surface area contributed by atoms with E-state index in [4.69, 9.17) is 4.98 Å². The van der Waals surface area contributed by atoms with E-state index in [-0.39, 0.29) is 11.8 Å². The second-order valence-corrected chi connectivity index (χ2v) is 7.31. The molecule has 2 aliphatic rings. The predicted octanol–water partition coefficient (Wildman–Crippen LogP) is 2.38. The predicted molar refractivity (Wildman–Crippen MR) is 89.8 cm³/mol. The molecule has 2 aromatic rings. The lowest BCUT2D eigenvalue weighted by molar-refractivity contribution is -0.127. The van der Waals surface area contributed by atoms with Crippen molar-refractivity contribution in [2.45, 2.75) is 45.4 Å². The number of nitrogens with zero attached hydrogens (tertiary/aromatic N) is 3. The molecular weight excluding hydrogens is 308 g/mol. The Balaban J connectivity index is 1.34. The van der Waals surface area contributed by atoms with Gasteiger partial charge in [-0.25, -0.2) is 4.98 Å². The fourth-order valence-corrected chi connectivity index (χ4v) is 3.87. The molecule has 6 heteroatoms. The number of rotatable bonds is 5. The molecule has 2 aromatic heterocycles. The van der Waals surface area contributed by atoms with Crippen molar-refractivity contribution in [3.05, 3.63) is 40.1 Å². The number of hydrogen-bond donors (Lipinski definition) is 1. The molecule has 4 rings (SSSR count). The van der Waals surface area contributed by atoms with Crippen LogP contribution in [-0.4, -0.2) is 26.9 Å². The van der Waals surface area contributed by atoms with Gasteiger partial charge in [0, 0.05) is 31.7 Å². The third-order valence-corrected chi connectivity index (χ3v) is 5.57. The van der Waals surface area contributed by atoms with Crippen LogP contribution in [0.1, 0.15) is 36.3 Å². The zero-order valence-electron chi connectivity index (χ0n) is 13.2. The number of fused-ring (bicyclic) bond motifs is 1. The summed E-state index contributed by atoms with van der Waals surface area (Å²) in [4.78, 5) is 19.1. The molecule has 0 saturated heterocycles. The minimum absolute atomic E-state index is 0.196. The highest BCUT2D eigenvalue weighted by molar-refractivity contribution is 7.07. The number of imidazole rings is 1. The number of carbonyl (C=O) groups excluding carboxylic acids is 1. The van der Waals surface area contributed by atoms with Gasteiger partial charge in [-0.1, -0.05) is 6.42 Å². The average molecular weight is 330 g/mol. The van der Waals surface area contributed by atoms with Crippen LogP contribution in [0.2, 0.25) is 0 Å². The minimum atomic E-state index is 0.196. The van der Waals surface area contributed by atoms with E-state index in [9.17, 15) is 4.79 Å². The summed E-state index contributed by atoms with van der Waals surface area (Å²) in [5.41, 5.74) is 2.35.